The third kappa shape index (κ3) is 7.34. The third-order valence-corrected chi connectivity index (χ3v) is 9.48. The van der Waals surface area contributed by atoms with Crippen LogP contribution in [0, 0.1) is 5.92 Å². The molecule has 2 aliphatic heterocycles. The first-order chi connectivity index (χ1) is 21.6. The lowest BCUT2D eigenvalue weighted by atomic mass is 9.84. The van der Waals surface area contributed by atoms with Gasteiger partial charge in [-0.3, -0.25) is 14.3 Å². The van der Waals surface area contributed by atoms with Gasteiger partial charge in [0, 0.05) is 62.4 Å². The fourth-order valence-electron chi connectivity index (χ4n) is 6.69. The molecule has 0 bridgehead atoms. The van der Waals surface area contributed by atoms with E-state index >= 15 is 0 Å². The van der Waals surface area contributed by atoms with Crippen molar-refractivity contribution in [2.24, 2.45) is 5.92 Å². The van der Waals surface area contributed by atoms with Crippen molar-refractivity contribution < 1.29 is 9.53 Å². The average molecular weight is 617 g/mol. The summed E-state index contributed by atoms with van der Waals surface area (Å²) in [6.07, 6.45) is 16.0. The van der Waals surface area contributed by atoms with Crippen molar-refractivity contribution in [3.63, 3.8) is 0 Å². The highest BCUT2D eigenvalue weighted by Crippen LogP contribution is 2.31. The second kappa shape index (κ2) is 13.2. The Bertz CT molecular complexity index is 1520. The minimum Gasteiger partial charge on any atom is -0.444 e. The molecule has 0 aromatic carbocycles. The van der Waals surface area contributed by atoms with Crippen molar-refractivity contribution in [2.75, 3.05) is 42.5 Å². The molecular formula is C34H48N8O3. The topological polar surface area (TPSA) is 102 Å². The number of aromatic nitrogens is 5. The van der Waals surface area contributed by atoms with Crippen LogP contribution in [0.1, 0.15) is 85.2 Å². The predicted molar refractivity (Wildman–Crippen MR) is 176 cm³/mol. The normalized spacial score (nSPS) is 20.0. The van der Waals surface area contributed by atoms with Crippen LogP contribution < -0.4 is 15.4 Å². The Labute approximate surface area is 266 Å². The Kier molecular flexibility index (Phi) is 9.14. The molecule has 3 aromatic heterocycles. The van der Waals surface area contributed by atoms with Crippen molar-refractivity contribution in [1.29, 1.82) is 0 Å². The van der Waals surface area contributed by atoms with E-state index in [1.165, 1.54) is 38.5 Å². The van der Waals surface area contributed by atoms with Crippen LogP contribution in [-0.4, -0.2) is 79.9 Å². The maximum Gasteiger partial charge on any atom is 0.410 e. The number of carbonyl (C=O) groups excluding carboxylic acids is 1. The van der Waals surface area contributed by atoms with Gasteiger partial charge in [0.1, 0.15) is 17.5 Å². The van der Waals surface area contributed by atoms with Gasteiger partial charge >= 0.3 is 6.09 Å². The summed E-state index contributed by atoms with van der Waals surface area (Å²) < 4.78 is 9.22. The molecule has 1 amide bonds. The van der Waals surface area contributed by atoms with Gasteiger partial charge in [-0.1, -0.05) is 11.6 Å². The number of pyridine rings is 2. The molecule has 1 unspecified atom stereocenters. The quantitative estimate of drug-likeness (QED) is 0.324. The SMILES string of the molecule is CC(n1cc(-c2cncc(N3CCCCC3)c2)nn1)n1ccc(N2CCC[C@@H](N(CC3CCC3)C(=O)OC(C)(C)C)C2)cc1=O. The van der Waals surface area contributed by atoms with Crippen LogP contribution in [0.3, 0.4) is 0 Å². The van der Waals surface area contributed by atoms with Gasteiger partial charge in [0.25, 0.3) is 5.56 Å². The molecular weight excluding hydrogens is 568 g/mol. The van der Waals surface area contributed by atoms with E-state index in [-0.39, 0.29) is 23.9 Å². The monoisotopic (exact) mass is 616 g/mol. The molecule has 1 saturated carbocycles. The van der Waals surface area contributed by atoms with Crippen molar-refractivity contribution in [3.05, 3.63) is 53.3 Å². The van der Waals surface area contributed by atoms with Crippen molar-refractivity contribution in [3.8, 4) is 11.3 Å². The Morgan fingerprint density at radius 3 is 2.49 bits per heavy atom. The molecule has 0 radical (unpaired) electrons. The van der Waals surface area contributed by atoms with Crippen molar-refractivity contribution in [1.82, 2.24) is 29.4 Å². The molecule has 11 nitrogen and oxygen atoms in total. The minimum atomic E-state index is -0.538. The highest BCUT2D eigenvalue weighted by atomic mass is 16.6. The summed E-state index contributed by atoms with van der Waals surface area (Å²) in [5, 5.41) is 8.80. The lowest BCUT2D eigenvalue weighted by molar-refractivity contribution is 0.00736. The van der Waals surface area contributed by atoms with Crippen molar-refractivity contribution >= 4 is 17.5 Å². The molecule has 3 aliphatic rings. The number of rotatable bonds is 8. The maximum absolute atomic E-state index is 13.4. The van der Waals surface area contributed by atoms with E-state index in [0.717, 1.165) is 61.7 Å². The molecule has 3 aromatic rings. The van der Waals surface area contributed by atoms with Gasteiger partial charge < -0.3 is 19.4 Å². The largest absolute Gasteiger partial charge is 0.444 e. The van der Waals surface area contributed by atoms with E-state index in [1.54, 1.807) is 15.3 Å². The molecule has 242 valence electrons. The van der Waals surface area contributed by atoms with E-state index in [2.05, 4.69) is 31.2 Å². The number of nitrogens with zero attached hydrogens (tertiary/aromatic N) is 8. The number of hydrogen-bond donors (Lipinski definition) is 0. The number of carbonyl (C=O) groups is 1. The first-order valence-corrected chi connectivity index (χ1v) is 16.7. The Hall–Kier alpha value is -3.89. The van der Waals surface area contributed by atoms with E-state index < -0.39 is 5.60 Å². The zero-order valence-electron chi connectivity index (χ0n) is 27.3. The first-order valence-electron chi connectivity index (χ1n) is 16.7. The molecule has 0 N–H and O–H groups in total. The molecule has 11 heteroatoms. The van der Waals surface area contributed by atoms with E-state index in [9.17, 15) is 9.59 Å². The second-order valence-electron chi connectivity index (χ2n) is 14.0. The van der Waals surface area contributed by atoms with Crippen LogP contribution in [0.25, 0.3) is 11.3 Å². The summed E-state index contributed by atoms with van der Waals surface area (Å²) in [7, 11) is 0. The lowest BCUT2D eigenvalue weighted by Gasteiger charge is -2.43. The van der Waals surface area contributed by atoms with Gasteiger partial charge in [0.2, 0.25) is 0 Å². The number of anilines is 2. The number of amides is 1. The smallest absolute Gasteiger partial charge is 0.410 e. The van der Waals surface area contributed by atoms with E-state index in [1.807, 2.05) is 63.4 Å². The first kappa shape index (κ1) is 31.1. The predicted octanol–water partition coefficient (Wildman–Crippen LogP) is 5.56. The number of piperidine rings is 2. The number of ether oxygens (including phenoxy) is 1. The van der Waals surface area contributed by atoms with Gasteiger partial charge in [-0.25, -0.2) is 9.48 Å². The van der Waals surface area contributed by atoms with Gasteiger partial charge in [-0.05, 0) is 90.7 Å². The Balaban J connectivity index is 1.15. The molecule has 45 heavy (non-hydrogen) atoms. The number of hydrogen-bond acceptors (Lipinski definition) is 8. The van der Waals surface area contributed by atoms with Crippen LogP contribution in [-0.2, 0) is 4.74 Å². The Morgan fingerprint density at radius 1 is 1.00 bits per heavy atom. The standard InChI is InChI=1S/C34H48N8O3/c1-25(42-24-31(36-37-42)27-18-30(21-35-20-27)38-14-6-5-7-15-38)40-17-13-28(19-32(40)43)39-16-9-12-29(23-39)41(22-26-10-8-11-26)33(44)45-34(2,3)4/h13,17-21,24-26,29H,5-12,14-16,22-23H2,1-4H3/t25?,29-/m1/s1. The van der Waals surface area contributed by atoms with Gasteiger partial charge in [-0.15, -0.1) is 5.10 Å². The lowest BCUT2D eigenvalue weighted by Crippen LogP contribution is -2.53. The Morgan fingerprint density at radius 2 is 1.78 bits per heavy atom. The fraction of sp³-hybridized carbons (Fsp3) is 0.618. The van der Waals surface area contributed by atoms with Crippen molar-refractivity contribution in [2.45, 2.75) is 96.9 Å². The molecule has 0 spiro atoms. The van der Waals surface area contributed by atoms with Gasteiger partial charge in [-0.2, -0.15) is 0 Å². The zero-order chi connectivity index (χ0) is 31.6. The fourth-order valence-corrected chi connectivity index (χ4v) is 6.69. The zero-order valence-corrected chi connectivity index (χ0v) is 27.3. The summed E-state index contributed by atoms with van der Waals surface area (Å²) in [5.41, 5.74) is 2.99. The molecule has 2 saturated heterocycles. The molecule has 6 rings (SSSR count). The summed E-state index contributed by atoms with van der Waals surface area (Å²) in [6, 6.07) is 5.87. The summed E-state index contributed by atoms with van der Waals surface area (Å²) in [4.78, 5) is 37.8. The highest BCUT2D eigenvalue weighted by molar-refractivity contribution is 5.69. The maximum atomic E-state index is 13.4. The van der Waals surface area contributed by atoms with E-state index in [0.29, 0.717) is 12.5 Å². The van der Waals surface area contributed by atoms with Crippen LogP contribution in [0.2, 0.25) is 0 Å². The molecule has 1 aliphatic carbocycles. The minimum absolute atomic E-state index is 0.0482. The molecule has 2 atom stereocenters. The van der Waals surface area contributed by atoms with E-state index in [4.69, 9.17) is 4.74 Å². The highest BCUT2D eigenvalue weighted by Gasteiger charge is 2.34. The molecule has 5 heterocycles. The second-order valence-corrected chi connectivity index (χ2v) is 14.0. The summed E-state index contributed by atoms with van der Waals surface area (Å²) in [6.45, 7) is 12.1. The van der Waals surface area contributed by atoms with Crippen LogP contribution in [0.4, 0.5) is 16.2 Å². The summed E-state index contributed by atoms with van der Waals surface area (Å²) in [5.74, 6) is 0.547. The van der Waals surface area contributed by atoms with Crippen LogP contribution in [0.5, 0.6) is 0 Å². The van der Waals surface area contributed by atoms with Gasteiger partial charge in [0.05, 0.1) is 24.1 Å². The van der Waals surface area contributed by atoms with Crippen LogP contribution >= 0.6 is 0 Å². The summed E-state index contributed by atoms with van der Waals surface area (Å²) >= 11 is 0. The van der Waals surface area contributed by atoms with Crippen LogP contribution in [0.15, 0.2) is 47.8 Å². The average Bonchev–Trinajstić information content (AvgIpc) is 3.50. The van der Waals surface area contributed by atoms with Gasteiger partial charge in [0.15, 0.2) is 0 Å². The third-order valence-electron chi connectivity index (χ3n) is 9.48. The molecule has 3 fully saturated rings.